The average Bonchev–Trinajstić information content (AvgIpc) is 3.38. The molecule has 2 saturated carbocycles. The number of hydrogen-bond donors (Lipinski definition) is 2. The lowest BCUT2D eigenvalue weighted by Crippen LogP contribution is -2.43. The molecule has 21 heavy (non-hydrogen) atoms. The highest BCUT2D eigenvalue weighted by molar-refractivity contribution is 5.81. The van der Waals surface area contributed by atoms with E-state index in [2.05, 4.69) is 17.4 Å². The van der Waals surface area contributed by atoms with Crippen LogP contribution in [0.25, 0.3) is 0 Å². The summed E-state index contributed by atoms with van der Waals surface area (Å²) in [4.78, 5) is 12.1. The van der Waals surface area contributed by atoms with Crippen LogP contribution in [0, 0.1) is 17.8 Å². The molecule has 0 heterocycles. The van der Waals surface area contributed by atoms with E-state index < -0.39 is 0 Å². The number of nitrogens with one attached hydrogen (secondary N) is 1. The van der Waals surface area contributed by atoms with Crippen LogP contribution in [0.4, 0.5) is 0 Å². The van der Waals surface area contributed by atoms with Crippen LogP contribution >= 0.6 is 0 Å². The molecule has 3 rings (SSSR count). The first kappa shape index (κ1) is 14.6. The van der Waals surface area contributed by atoms with Gasteiger partial charge in [-0.15, -0.1) is 0 Å². The van der Waals surface area contributed by atoms with Crippen molar-refractivity contribution in [3.05, 3.63) is 35.9 Å². The topological polar surface area (TPSA) is 55.1 Å². The van der Waals surface area contributed by atoms with Crippen molar-refractivity contribution in [2.75, 3.05) is 6.54 Å². The SMILES string of the molecule is NC(CCc1ccccc1)C(=O)NCC(C1CC1)C1CC1. The molecular formula is C18H26N2O. The average molecular weight is 286 g/mol. The summed E-state index contributed by atoms with van der Waals surface area (Å²) in [5.74, 6) is 2.49. The standard InChI is InChI=1S/C18H26N2O/c19-17(11-6-13-4-2-1-3-5-13)18(21)20-12-16(14-7-8-14)15-9-10-15/h1-5,14-17H,6-12,19H2,(H,20,21). The third kappa shape index (κ3) is 4.31. The van der Waals surface area contributed by atoms with E-state index in [1.807, 2.05) is 18.2 Å². The Kier molecular flexibility index (Phi) is 4.59. The zero-order valence-corrected chi connectivity index (χ0v) is 12.6. The minimum Gasteiger partial charge on any atom is -0.354 e. The highest BCUT2D eigenvalue weighted by Gasteiger charge is 2.41. The Balaban J connectivity index is 1.39. The van der Waals surface area contributed by atoms with Crippen LogP contribution in [-0.2, 0) is 11.2 Å². The fraction of sp³-hybridized carbons (Fsp3) is 0.611. The van der Waals surface area contributed by atoms with Crippen molar-refractivity contribution in [1.29, 1.82) is 0 Å². The monoisotopic (exact) mass is 286 g/mol. The lowest BCUT2D eigenvalue weighted by Gasteiger charge is -2.18. The zero-order chi connectivity index (χ0) is 14.7. The number of carbonyl (C=O) groups is 1. The van der Waals surface area contributed by atoms with Gasteiger partial charge in [-0.3, -0.25) is 4.79 Å². The van der Waals surface area contributed by atoms with Crippen molar-refractivity contribution < 1.29 is 4.79 Å². The van der Waals surface area contributed by atoms with Gasteiger partial charge in [0.15, 0.2) is 0 Å². The summed E-state index contributed by atoms with van der Waals surface area (Å²) in [6, 6.07) is 9.84. The maximum Gasteiger partial charge on any atom is 0.236 e. The van der Waals surface area contributed by atoms with Crippen LogP contribution < -0.4 is 11.1 Å². The highest BCUT2D eigenvalue weighted by Crippen LogP contribution is 2.48. The molecule has 1 atom stereocenters. The summed E-state index contributed by atoms with van der Waals surface area (Å²) in [7, 11) is 0. The Hall–Kier alpha value is -1.35. The van der Waals surface area contributed by atoms with Crippen LogP contribution in [0.1, 0.15) is 37.7 Å². The Morgan fingerprint density at radius 2 is 1.76 bits per heavy atom. The van der Waals surface area contributed by atoms with Crippen molar-refractivity contribution in [1.82, 2.24) is 5.32 Å². The van der Waals surface area contributed by atoms with Crippen LogP contribution in [-0.4, -0.2) is 18.5 Å². The van der Waals surface area contributed by atoms with Crippen molar-refractivity contribution in [2.45, 2.75) is 44.6 Å². The molecule has 0 spiro atoms. The van der Waals surface area contributed by atoms with Crippen molar-refractivity contribution in [3.63, 3.8) is 0 Å². The second-order valence-electron chi connectivity index (χ2n) is 6.71. The molecule has 2 aliphatic rings. The van der Waals surface area contributed by atoms with Gasteiger partial charge in [0.1, 0.15) is 0 Å². The first-order valence-electron chi connectivity index (χ1n) is 8.31. The van der Waals surface area contributed by atoms with Crippen LogP contribution in [0.5, 0.6) is 0 Å². The number of aryl methyl sites for hydroxylation is 1. The number of hydrogen-bond acceptors (Lipinski definition) is 2. The Morgan fingerprint density at radius 1 is 1.14 bits per heavy atom. The van der Waals surface area contributed by atoms with E-state index in [1.165, 1.54) is 31.2 Å². The fourth-order valence-electron chi connectivity index (χ4n) is 3.21. The normalized spacial score (nSPS) is 19.5. The number of nitrogens with two attached hydrogens (primary N) is 1. The van der Waals surface area contributed by atoms with Crippen LogP contribution in [0.15, 0.2) is 30.3 Å². The van der Waals surface area contributed by atoms with E-state index in [9.17, 15) is 4.79 Å². The zero-order valence-electron chi connectivity index (χ0n) is 12.6. The minimum absolute atomic E-state index is 0.0252. The van der Waals surface area contributed by atoms with Gasteiger partial charge >= 0.3 is 0 Å². The van der Waals surface area contributed by atoms with Gasteiger partial charge in [-0.1, -0.05) is 30.3 Å². The van der Waals surface area contributed by atoms with Gasteiger partial charge in [-0.05, 0) is 61.8 Å². The van der Waals surface area contributed by atoms with Gasteiger partial charge in [0.25, 0.3) is 0 Å². The van der Waals surface area contributed by atoms with Gasteiger partial charge in [0.05, 0.1) is 6.04 Å². The Labute approximate surface area is 127 Å². The number of benzene rings is 1. The summed E-state index contributed by atoms with van der Waals surface area (Å²) >= 11 is 0. The van der Waals surface area contributed by atoms with Crippen molar-refractivity contribution in [3.8, 4) is 0 Å². The largest absolute Gasteiger partial charge is 0.354 e. The third-order valence-electron chi connectivity index (χ3n) is 4.89. The quantitative estimate of drug-likeness (QED) is 0.771. The number of rotatable bonds is 8. The molecule has 0 aromatic heterocycles. The predicted octanol–water partition coefficient (Wildman–Crippen LogP) is 2.50. The predicted molar refractivity (Wildman–Crippen MR) is 84.7 cm³/mol. The molecule has 3 nitrogen and oxygen atoms in total. The molecule has 1 amide bonds. The van der Waals surface area contributed by atoms with E-state index in [1.54, 1.807) is 0 Å². The van der Waals surface area contributed by atoms with Crippen molar-refractivity contribution >= 4 is 5.91 Å². The summed E-state index contributed by atoms with van der Waals surface area (Å²) in [6.07, 6.45) is 7.01. The molecule has 0 saturated heterocycles. The molecule has 3 N–H and O–H groups in total. The molecule has 0 aliphatic heterocycles. The van der Waals surface area contributed by atoms with Gasteiger partial charge in [0, 0.05) is 6.54 Å². The van der Waals surface area contributed by atoms with E-state index in [-0.39, 0.29) is 11.9 Å². The molecule has 1 unspecified atom stereocenters. The van der Waals surface area contributed by atoms with Gasteiger partial charge < -0.3 is 11.1 Å². The van der Waals surface area contributed by atoms with Crippen molar-refractivity contribution in [2.24, 2.45) is 23.5 Å². The smallest absolute Gasteiger partial charge is 0.236 e. The molecule has 2 aliphatic carbocycles. The van der Waals surface area contributed by atoms with Gasteiger partial charge in [-0.25, -0.2) is 0 Å². The highest BCUT2D eigenvalue weighted by atomic mass is 16.2. The van der Waals surface area contributed by atoms with Crippen LogP contribution in [0.3, 0.4) is 0 Å². The maximum atomic E-state index is 12.1. The lowest BCUT2D eigenvalue weighted by molar-refractivity contribution is -0.122. The Bertz CT molecular complexity index is 453. The fourth-order valence-corrected chi connectivity index (χ4v) is 3.21. The summed E-state index contributed by atoms with van der Waals surface area (Å²) in [6.45, 7) is 0.840. The van der Waals surface area contributed by atoms with Crippen LogP contribution in [0.2, 0.25) is 0 Å². The van der Waals surface area contributed by atoms with E-state index >= 15 is 0 Å². The molecule has 1 aromatic rings. The summed E-state index contributed by atoms with van der Waals surface area (Å²) < 4.78 is 0. The molecule has 1 aromatic carbocycles. The van der Waals surface area contributed by atoms with Gasteiger partial charge in [0.2, 0.25) is 5.91 Å². The lowest BCUT2D eigenvalue weighted by atomic mass is 9.97. The third-order valence-corrected chi connectivity index (χ3v) is 4.89. The minimum atomic E-state index is -0.385. The van der Waals surface area contributed by atoms with E-state index in [4.69, 9.17) is 5.73 Å². The Morgan fingerprint density at radius 3 is 2.33 bits per heavy atom. The molecule has 3 heteroatoms. The number of amides is 1. The molecular weight excluding hydrogens is 260 g/mol. The summed E-state index contributed by atoms with van der Waals surface area (Å²) in [5, 5.41) is 3.10. The summed E-state index contributed by atoms with van der Waals surface area (Å²) in [5.41, 5.74) is 7.27. The first-order chi connectivity index (χ1) is 10.2. The van der Waals surface area contributed by atoms with E-state index in [0.29, 0.717) is 6.42 Å². The molecule has 114 valence electrons. The van der Waals surface area contributed by atoms with E-state index in [0.717, 1.165) is 30.7 Å². The second-order valence-corrected chi connectivity index (χ2v) is 6.71. The second kappa shape index (κ2) is 6.61. The number of carbonyl (C=O) groups excluding carboxylic acids is 1. The first-order valence-corrected chi connectivity index (χ1v) is 8.31. The molecule has 0 bridgehead atoms. The molecule has 0 radical (unpaired) electrons. The maximum absolute atomic E-state index is 12.1. The molecule has 2 fully saturated rings. The van der Waals surface area contributed by atoms with Gasteiger partial charge in [-0.2, -0.15) is 0 Å².